The minimum absolute atomic E-state index is 0.130. The molecule has 6 nitrogen and oxygen atoms in total. The van der Waals surface area contributed by atoms with Crippen LogP contribution in [0.5, 0.6) is 0 Å². The van der Waals surface area contributed by atoms with E-state index in [4.69, 9.17) is 4.42 Å². The lowest BCUT2D eigenvalue weighted by molar-refractivity contribution is 0.0921. The first-order valence-corrected chi connectivity index (χ1v) is 16.8. The Morgan fingerprint density at radius 1 is 0.750 bits per heavy atom. The number of hydrogen-bond donors (Lipinski definition) is 2. The lowest BCUT2D eigenvalue weighted by Gasteiger charge is -2.42. The average molecular weight is 640 g/mol. The first-order chi connectivity index (χ1) is 23.0. The number of nitrogens with one attached hydrogen (secondary N) is 2. The van der Waals surface area contributed by atoms with Gasteiger partial charge in [0, 0.05) is 24.3 Å². The van der Waals surface area contributed by atoms with Gasteiger partial charge in [0.25, 0.3) is 5.91 Å². The van der Waals surface area contributed by atoms with Crippen molar-refractivity contribution in [3.63, 3.8) is 0 Å². The minimum atomic E-state index is -0.279. The molecule has 0 radical (unpaired) electrons. The Bertz CT molecular complexity index is 1910. The van der Waals surface area contributed by atoms with Crippen molar-refractivity contribution >= 4 is 23.3 Å². The molecule has 246 valence electrons. The van der Waals surface area contributed by atoms with Crippen molar-refractivity contribution in [2.24, 2.45) is 0 Å². The van der Waals surface area contributed by atoms with E-state index >= 15 is 0 Å². The van der Waals surface area contributed by atoms with E-state index in [1.165, 1.54) is 28.7 Å². The van der Waals surface area contributed by atoms with E-state index < -0.39 is 0 Å². The molecule has 48 heavy (non-hydrogen) atoms. The summed E-state index contributed by atoms with van der Waals surface area (Å²) in [6.07, 6.45) is 2.98. The maximum atomic E-state index is 13.5. The molecule has 3 amide bonds. The monoisotopic (exact) mass is 639 g/mol. The molecule has 2 N–H and O–H groups in total. The van der Waals surface area contributed by atoms with Crippen LogP contribution in [0.15, 0.2) is 114 Å². The van der Waals surface area contributed by atoms with Gasteiger partial charge in [0.15, 0.2) is 5.76 Å². The van der Waals surface area contributed by atoms with E-state index in [9.17, 15) is 9.59 Å². The van der Waals surface area contributed by atoms with Crippen LogP contribution in [0.25, 0.3) is 0 Å². The average Bonchev–Trinajstić information content (AvgIpc) is 3.55. The normalized spacial score (nSPS) is 14.5. The molecule has 5 aromatic rings. The summed E-state index contributed by atoms with van der Waals surface area (Å²) in [5.41, 5.74) is 8.98. The zero-order valence-corrected chi connectivity index (χ0v) is 28.6. The molecule has 6 rings (SSSR count). The molecule has 1 aliphatic rings. The maximum Gasteiger partial charge on any atom is 0.326 e. The largest absolute Gasteiger partial charge is 0.456 e. The van der Waals surface area contributed by atoms with Crippen LogP contribution >= 0.6 is 0 Å². The topological polar surface area (TPSA) is 74.6 Å². The van der Waals surface area contributed by atoms with E-state index in [-0.39, 0.29) is 28.5 Å². The molecule has 0 spiro atoms. The summed E-state index contributed by atoms with van der Waals surface area (Å²) in [5, 5.41) is 6.01. The second-order valence-electron chi connectivity index (χ2n) is 14.3. The van der Waals surface area contributed by atoms with Gasteiger partial charge in [-0.2, -0.15) is 0 Å². The number of fused-ring (bicyclic) bond motifs is 1. The highest BCUT2D eigenvalue weighted by Crippen LogP contribution is 2.46. The summed E-state index contributed by atoms with van der Waals surface area (Å²) in [6, 6.07) is 35.1. The van der Waals surface area contributed by atoms with Crippen molar-refractivity contribution in [3.8, 4) is 0 Å². The second kappa shape index (κ2) is 13.6. The van der Waals surface area contributed by atoms with Crippen LogP contribution in [-0.2, 0) is 30.3 Å². The van der Waals surface area contributed by atoms with E-state index in [0.29, 0.717) is 25.2 Å². The van der Waals surface area contributed by atoms with E-state index in [1.54, 1.807) is 11.0 Å². The summed E-state index contributed by atoms with van der Waals surface area (Å²) in [5.74, 6) is 0.768. The van der Waals surface area contributed by atoms with Crippen LogP contribution in [0.4, 0.5) is 16.2 Å². The number of benzene rings is 4. The Morgan fingerprint density at radius 3 is 2.10 bits per heavy atom. The third-order valence-corrected chi connectivity index (χ3v) is 9.69. The summed E-state index contributed by atoms with van der Waals surface area (Å²) in [4.78, 5) is 28.3. The third-order valence-electron chi connectivity index (χ3n) is 9.69. The van der Waals surface area contributed by atoms with Crippen LogP contribution in [0.2, 0.25) is 0 Å². The van der Waals surface area contributed by atoms with Crippen LogP contribution < -0.4 is 15.5 Å². The Labute approximate surface area is 284 Å². The standard InChI is InChI=1S/C42H45N3O3/c1-29-23-36-37(42(4,5)22-21-41(36,2)3)26-32(29)25-35-19-20-38(48-35)39(46)43-27-31-15-12-16-33(24-31)44-40(47)45(34-17-10-7-11-18-34)28-30-13-8-6-9-14-30/h6-20,23-24,26H,21-22,25,27-28H2,1-5H3,(H,43,46)(H,44,47). The van der Waals surface area contributed by atoms with E-state index in [1.807, 2.05) is 91.0 Å². The van der Waals surface area contributed by atoms with Crippen molar-refractivity contribution in [2.45, 2.75) is 77.8 Å². The Balaban J connectivity index is 1.09. The lowest BCUT2D eigenvalue weighted by Crippen LogP contribution is -2.34. The van der Waals surface area contributed by atoms with Crippen molar-refractivity contribution in [2.75, 3.05) is 10.2 Å². The highest BCUT2D eigenvalue weighted by molar-refractivity contribution is 6.01. The molecular formula is C42H45N3O3. The predicted molar refractivity (Wildman–Crippen MR) is 194 cm³/mol. The van der Waals surface area contributed by atoms with Gasteiger partial charge < -0.3 is 15.1 Å². The Morgan fingerprint density at radius 2 is 1.40 bits per heavy atom. The SMILES string of the molecule is Cc1cc2c(cc1Cc1ccc(C(=O)NCc3cccc(NC(=O)N(Cc4ccccc4)c4ccccc4)c3)o1)C(C)(C)CCC2(C)C. The van der Waals surface area contributed by atoms with Gasteiger partial charge in [-0.05, 0) is 100 Å². The number of anilines is 2. The number of nitrogens with zero attached hydrogens (tertiary/aromatic N) is 1. The lowest BCUT2D eigenvalue weighted by atomic mass is 9.62. The molecule has 6 heteroatoms. The first-order valence-electron chi connectivity index (χ1n) is 16.8. The molecule has 1 heterocycles. The quantitative estimate of drug-likeness (QED) is 0.169. The fraction of sp³-hybridized carbons (Fsp3) is 0.286. The number of para-hydroxylation sites is 1. The Hall–Kier alpha value is -5.10. The zero-order chi connectivity index (χ0) is 33.9. The van der Waals surface area contributed by atoms with Gasteiger partial charge in [0.1, 0.15) is 5.76 Å². The van der Waals surface area contributed by atoms with E-state index in [0.717, 1.165) is 29.0 Å². The van der Waals surface area contributed by atoms with Gasteiger partial charge in [0.2, 0.25) is 0 Å². The highest BCUT2D eigenvalue weighted by Gasteiger charge is 2.37. The number of furan rings is 1. The van der Waals surface area contributed by atoms with Gasteiger partial charge in [-0.15, -0.1) is 0 Å². The van der Waals surface area contributed by atoms with Gasteiger partial charge in [-0.1, -0.05) is 100 Å². The van der Waals surface area contributed by atoms with E-state index in [2.05, 4.69) is 57.4 Å². The van der Waals surface area contributed by atoms with Crippen molar-refractivity contribution in [1.29, 1.82) is 0 Å². The number of carbonyl (C=O) groups excluding carboxylic acids is 2. The number of aryl methyl sites for hydroxylation is 1. The number of urea groups is 1. The molecule has 0 fully saturated rings. The van der Waals surface area contributed by atoms with Crippen molar-refractivity contribution in [3.05, 3.63) is 154 Å². The van der Waals surface area contributed by atoms with Gasteiger partial charge in [-0.3, -0.25) is 9.69 Å². The molecule has 1 aromatic heterocycles. The minimum Gasteiger partial charge on any atom is -0.456 e. The predicted octanol–water partition coefficient (Wildman–Crippen LogP) is 9.70. The highest BCUT2D eigenvalue weighted by atomic mass is 16.3. The fourth-order valence-corrected chi connectivity index (χ4v) is 6.61. The molecule has 0 bridgehead atoms. The fourth-order valence-electron chi connectivity index (χ4n) is 6.61. The maximum absolute atomic E-state index is 13.5. The van der Waals surface area contributed by atoms with Crippen LogP contribution in [0.3, 0.4) is 0 Å². The molecule has 0 unspecified atom stereocenters. The second-order valence-corrected chi connectivity index (χ2v) is 14.3. The zero-order valence-electron chi connectivity index (χ0n) is 28.6. The molecule has 1 aliphatic carbocycles. The van der Waals surface area contributed by atoms with Crippen LogP contribution in [-0.4, -0.2) is 11.9 Å². The molecule has 0 saturated carbocycles. The summed E-state index contributed by atoms with van der Waals surface area (Å²) < 4.78 is 6.05. The number of amides is 3. The smallest absolute Gasteiger partial charge is 0.326 e. The molecular weight excluding hydrogens is 594 g/mol. The molecule has 0 atom stereocenters. The summed E-state index contributed by atoms with van der Waals surface area (Å²) in [7, 11) is 0. The third kappa shape index (κ3) is 7.38. The molecule has 0 saturated heterocycles. The van der Waals surface area contributed by atoms with Gasteiger partial charge >= 0.3 is 6.03 Å². The number of carbonyl (C=O) groups is 2. The summed E-state index contributed by atoms with van der Waals surface area (Å²) >= 11 is 0. The molecule has 0 aliphatic heterocycles. The number of rotatable bonds is 9. The van der Waals surface area contributed by atoms with Crippen LogP contribution in [0.1, 0.15) is 90.2 Å². The van der Waals surface area contributed by atoms with Crippen molar-refractivity contribution in [1.82, 2.24) is 5.32 Å². The van der Waals surface area contributed by atoms with Crippen molar-refractivity contribution < 1.29 is 14.0 Å². The Kier molecular flexibility index (Phi) is 9.27. The number of hydrogen-bond acceptors (Lipinski definition) is 3. The van der Waals surface area contributed by atoms with Gasteiger partial charge in [-0.25, -0.2) is 4.79 Å². The first kappa shape index (κ1) is 32.8. The van der Waals surface area contributed by atoms with Gasteiger partial charge in [0.05, 0.1) is 6.54 Å². The van der Waals surface area contributed by atoms with Crippen LogP contribution in [0, 0.1) is 6.92 Å². The summed E-state index contributed by atoms with van der Waals surface area (Å²) in [6.45, 7) is 12.3. The molecule has 4 aromatic carbocycles.